The van der Waals surface area contributed by atoms with Crippen molar-refractivity contribution in [3.8, 4) is 0 Å². The molecule has 0 saturated heterocycles. The molecule has 1 atom stereocenters. The Kier molecular flexibility index (Phi) is 4.82. The fourth-order valence-corrected chi connectivity index (χ4v) is 2.21. The van der Waals surface area contributed by atoms with Crippen molar-refractivity contribution in [1.29, 1.82) is 0 Å². The van der Waals surface area contributed by atoms with Gasteiger partial charge in [-0.1, -0.05) is 12.1 Å². The molecule has 2 aromatic rings. The van der Waals surface area contributed by atoms with E-state index >= 15 is 0 Å². The van der Waals surface area contributed by atoms with E-state index in [-0.39, 0.29) is 0 Å². The summed E-state index contributed by atoms with van der Waals surface area (Å²) in [6.45, 7) is 5.04. The van der Waals surface area contributed by atoms with E-state index in [0.717, 1.165) is 21.8 Å². The van der Waals surface area contributed by atoms with E-state index in [1.807, 2.05) is 19.1 Å². The molecule has 0 aliphatic carbocycles. The van der Waals surface area contributed by atoms with Gasteiger partial charge in [-0.15, -0.1) is 0 Å². The number of alkyl halides is 3. The number of hydrogen-bond donors (Lipinski definition) is 1. The first-order valence-electron chi connectivity index (χ1n) is 7.27. The second-order valence-corrected chi connectivity index (χ2v) is 5.64. The number of nitrogens with one attached hydrogen (secondary N) is 1. The second-order valence-electron chi connectivity index (χ2n) is 5.64. The lowest BCUT2D eigenvalue weighted by Gasteiger charge is -2.18. The molecule has 0 saturated carbocycles. The van der Waals surface area contributed by atoms with Gasteiger partial charge >= 0.3 is 6.18 Å². The van der Waals surface area contributed by atoms with Crippen LogP contribution in [0.1, 0.15) is 29.7 Å². The topological polar surface area (TPSA) is 51.1 Å². The number of rotatable bonds is 3. The molecule has 1 unspecified atom stereocenters. The van der Waals surface area contributed by atoms with Crippen LogP contribution in [-0.2, 0) is 11.0 Å². The maximum Gasteiger partial charge on any atom is 0.417 e. The van der Waals surface area contributed by atoms with Gasteiger partial charge in [0.25, 0.3) is 5.56 Å². The van der Waals surface area contributed by atoms with Crippen molar-refractivity contribution in [2.45, 2.75) is 33.0 Å². The van der Waals surface area contributed by atoms with E-state index in [1.165, 1.54) is 6.92 Å². The van der Waals surface area contributed by atoms with Gasteiger partial charge in [-0.3, -0.25) is 9.59 Å². The van der Waals surface area contributed by atoms with Gasteiger partial charge in [0.15, 0.2) is 0 Å². The van der Waals surface area contributed by atoms with Crippen LogP contribution in [0.2, 0.25) is 0 Å². The van der Waals surface area contributed by atoms with E-state index in [4.69, 9.17) is 0 Å². The molecule has 1 aromatic heterocycles. The van der Waals surface area contributed by atoms with Gasteiger partial charge in [0.05, 0.1) is 5.56 Å². The number of aromatic nitrogens is 1. The number of pyridine rings is 1. The summed E-state index contributed by atoms with van der Waals surface area (Å²) in [5.41, 5.74) is 0.657. The van der Waals surface area contributed by atoms with Gasteiger partial charge in [-0.25, -0.2) is 0 Å². The van der Waals surface area contributed by atoms with Gasteiger partial charge in [-0.05, 0) is 44.0 Å². The summed E-state index contributed by atoms with van der Waals surface area (Å²) in [4.78, 5) is 24.2. The van der Waals surface area contributed by atoms with Crippen LogP contribution in [0.3, 0.4) is 0 Å². The van der Waals surface area contributed by atoms with Gasteiger partial charge in [0.1, 0.15) is 6.04 Å². The van der Waals surface area contributed by atoms with Crippen LogP contribution in [0, 0.1) is 13.8 Å². The highest BCUT2D eigenvalue weighted by molar-refractivity contribution is 5.94. The maximum atomic E-state index is 12.8. The molecule has 0 aliphatic rings. The zero-order valence-corrected chi connectivity index (χ0v) is 13.4. The quantitative estimate of drug-likeness (QED) is 0.928. The Morgan fingerprint density at radius 1 is 1.17 bits per heavy atom. The number of hydrogen-bond acceptors (Lipinski definition) is 2. The molecule has 0 spiro atoms. The van der Waals surface area contributed by atoms with Crippen LogP contribution in [0.5, 0.6) is 0 Å². The largest absolute Gasteiger partial charge is 0.417 e. The third-order valence-electron chi connectivity index (χ3n) is 3.71. The minimum atomic E-state index is -4.58. The summed E-state index contributed by atoms with van der Waals surface area (Å²) in [6.07, 6.45) is -3.92. The number of amides is 1. The minimum absolute atomic E-state index is 0.562. The first kappa shape index (κ1) is 17.8. The molecule has 128 valence electrons. The Balaban J connectivity index is 2.31. The molecule has 0 bridgehead atoms. The van der Waals surface area contributed by atoms with Crippen molar-refractivity contribution < 1.29 is 18.0 Å². The molecule has 0 radical (unpaired) electrons. The highest BCUT2D eigenvalue weighted by Gasteiger charge is 2.32. The summed E-state index contributed by atoms with van der Waals surface area (Å²) in [5.74, 6) is -0.565. The first-order valence-corrected chi connectivity index (χ1v) is 7.27. The Labute approximate surface area is 136 Å². The van der Waals surface area contributed by atoms with Crippen molar-refractivity contribution >= 4 is 11.6 Å². The summed E-state index contributed by atoms with van der Waals surface area (Å²) in [5, 5.41) is 2.65. The monoisotopic (exact) mass is 338 g/mol. The number of carbonyl (C=O) groups is 1. The van der Waals surface area contributed by atoms with Crippen LogP contribution >= 0.6 is 0 Å². The van der Waals surface area contributed by atoms with Crippen molar-refractivity contribution in [2.24, 2.45) is 0 Å². The maximum absolute atomic E-state index is 12.8. The van der Waals surface area contributed by atoms with Crippen LogP contribution in [0.15, 0.2) is 41.3 Å². The van der Waals surface area contributed by atoms with E-state index in [2.05, 4.69) is 5.32 Å². The summed E-state index contributed by atoms with van der Waals surface area (Å²) < 4.78 is 39.2. The van der Waals surface area contributed by atoms with Crippen molar-refractivity contribution in [1.82, 2.24) is 4.57 Å². The molecule has 1 N–H and O–H groups in total. The SMILES string of the molecule is Cc1ccc(C)c(NC(=O)C(C)n2cc(C(F)(F)F)ccc2=O)c1. The molecular formula is C17H17F3N2O2. The number of carbonyl (C=O) groups excluding carboxylic acids is 1. The molecule has 0 fully saturated rings. The second kappa shape index (κ2) is 6.51. The summed E-state index contributed by atoms with van der Waals surface area (Å²) >= 11 is 0. The van der Waals surface area contributed by atoms with E-state index in [9.17, 15) is 22.8 Å². The summed E-state index contributed by atoms with van der Waals surface area (Å²) in [6, 6.07) is 5.89. The third kappa shape index (κ3) is 3.84. The zero-order chi connectivity index (χ0) is 18.1. The van der Waals surface area contributed by atoms with Crippen molar-refractivity contribution in [3.63, 3.8) is 0 Å². The average Bonchev–Trinajstić information content (AvgIpc) is 2.49. The van der Waals surface area contributed by atoms with Crippen LogP contribution in [0.25, 0.3) is 0 Å². The Bertz CT molecular complexity index is 825. The molecule has 24 heavy (non-hydrogen) atoms. The third-order valence-corrected chi connectivity index (χ3v) is 3.71. The normalized spacial score (nSPS) is 12.8. The Morgan fingerprint density at radius 2 is 1.83 bits per heavy atom. The van der Waals surface area contributed by atoms with Crippen LogP contribution in [-0.4, -0.2) is 10.5 Å². The smallest absolute Gasteiger partial charge is 0.324 e. The van der Waals surface area contributed by atoms with Gasteiger partial charge < -0.3 is 9.88 Å². The molecule has 7 heteroatoms. The molecule has 1 amide bonds. The van der Waals surface area contributed by atoms with Crippen LogP contribution < -0.4 is 10.9 Å². The minimum Gasteiger partial charge on any atom is -0.324 e. The number of halogens is 3. The lowest BCUT2D eigenvalue weighted by atomic mass is 10.1. The van der Waals surface area contributed by atoms with Crippen molar-refractivity contribution in [3.05, 3.63) is 63.6 Å². The molecule has 2 rings (SSSR count). The lowest BCUT2D eigenvalue weighted by Crippen LogP contribution is -2.32. The standard InChI is InChI=1S/C17H17F3N2O2/c1-10-4-5-11(2)14(8-10)21-16(24)12(3)22-9-13(17(18,19)20)6-7-15(22)23/h4-9,12H,1-3H3,(H,21,24). The highest BCUT2D eigenvalue weighted by Crippen LogP contribution is 2.28. The molecule has 4 nitrogen and oxygen atoms in total. The fraction of sp³-hybridized carbons (Fsp3) is 0.294. The number of benzene rings is 1. The lowest BCUT2D eigenvalue weighted by molar-refractivity contribution is -0.138. The number of aryl methyl sites for hydroxylation is 2. The summed E-state index contributed by atoms with van der Waals surface area (Å²) in [7, 11) is 0. The van der Waals surface area contributed by atoms with E-state index in [1.54, 1.807) is 13.0 Å². The van der Waals surface area contributed by atoms with Gasteiger partial charge in [0, 0.05) is 18.0 Å². The zero-order valence-electron chi connectivity index (χ0n) is 13.4. The predicted molar refractivity (Wildman–Crippen MR) is 85.0 cm³/mol. The van der Waals surface area contributed by atoms with Crippen molar-refractivity contribution in [2.75, 3.05) is 5.32 Å². The molecule has 1 aromatic carbocycles. The van der Waals surface area contributed by atoms with Gasteiger partial charge in [0.2, 0.25) is 5.91 Å². The number of anilines is 1. The molecule has 0 aliphatic heterocycles. The average molecular weight is 338 g/mol. The Morgan fingerprint density at radius 3 is 2.46 bits per heavy atom. The van der Waals surface area contributed by atoms with Crippen LogP contribution in [0.4, 0.5) is 18.9 Å². The first-order chi connectivity index (χ1) is 11.1. The van der Waals surface area contributed by atoms with E-state index < -0.39 is 29.2 Å². The Hall–Kier alpha value is -2.57. The fourth-order valence-electron chi connectivity index (χ4n) is 2.21. The van der Waals surface area contributed by atoms with E-state index in [0.29, 0.717) is 18.0 Å². The highest BCUT2D eigenvalue weighted by atomic mass is 19.4. The van der Waals surface area contributed by atoms with Gasteiger partial charge in [-0.2, -0.15) is 13.2 Å². The molecule has 1 heterocycles. The molecular weight excluding hydrogens is 321 g/mol. The number of nitrogens with zero attached hydrogens (tertiary/aromatic N) is 1. The predicted octanol–water partition coefficient (Wildman–Crippen LogP) is 3.68.